The number of rotatable bonds is 4. The van der Waals surface area contributed by atoms with Crippen LogP contribution in [-0.4, -0.2) is 27.8 Å². The third-order valence-corrected chi connectivity index (χ3v) is 6.33. The lowest BCUT2D eigenvalue weighted by molar-refractivity contribution is -0.212. The number of benzene rings is 1. The number of alkyl halides is 3. The van der Waals surface area contributed by atoms with Crippen LogP contribution in [0.2, 0.25) is 0 Å². The monoisotopic (exact) mass is 404 g/mol. The van der Waals surface area contributed by atoms with Gasteiger partial charge in [0, 0.05) is 24.7 Å². The first-order valence-electron chi connectivity index (χ1n) is 9.86. The van der Waals surface area contributed by atoms with Gasteiger partial charge in [0.15, 0.2) is 0 Å². The lowest BCUT2D eigenvalue weighted by Gasteiger charge is -2.49. The Hall–Kier alpha value is -2.33. The molecule has 2 heterocycles. The molecule has 1 fully saturated rings. The van der Waals surface area contributed by atoms with Gasteiger partial charge in [0.2, 0.25) is 0 Å². The van der Waals surface area contributed by atoms with Gasteiger partial charge >= 0.3 is 6.30 Å². The van der Waals surface area contributed by atoms with Gasteiger partial charge in [-0.25, -0.2) is 0 Å². The Morgan fingerprint density at radius 1 is 1.07 bits per heavy atom. The predicted octanol–water partition coefficient (Wildman–Crippen LogP) is 5.57. The van der Waals surface area contributed by atoms with Gasteiger partial charge in [-0.3, -0.25) is 4.90 Å². The van der Waals surface area contributed by atoms with Gasteiger partial charge in [-0.2, -0.15) is 15.0 Å². The second-order valence-electron chi connectivity index (χ2n) is 8.95. The zero-order valence-electron chi connectivity index (χ0n) is 17.1. The zero-order valence-corrected chi connectivity index (χ0v) is 17.1. The molecule has 1 aromatic heterocycles. The van der Waals surface area contributed by atoms with Gasteiger partial charge < -0.3 is 0 Å². The fraction of sp³-hybridized carbons (Fsp3) is 0.545. The van der Waals surface area contributed by atoms with Crippen molar-refractivity contribution in [2.75, 3.05) is 13.1 Å². The Morgan fingerprint density at radius 3 is 2.17 bits per heavy atom. The lowest BCUT2D eigenvalue weighted by Crippen LogP contribution is -2.46. The standard InChI is InChI=1S/C22H27F3N4/c1-20(2,3)21(9-12-26)10-14-28(15-11-21)16-17-4-6-18(7-5-17)19-8-13-29(27-19)22(23,24)25/h4-8,13H,9-11,14-16H2,1-3H3. The topological polar surface area (TPSA) is 44.9 Å². The van der Waals surface area contributed by atoms with Gasteiger partial charge in [-0.1, -0.05) is 45.0 Å². The predicted molar refractivity (Wildman–Crippen MR) is 106 cm³/mol. The summed E-state index contributed by atoms with van der Waals surface area (Å²) in [4.78, 5) is 2.38. The molecule has 0 aliphatic carbocycles. The summed E-state index contributed by atoms with van der Waals surface area (Å²) in [5, 5.41) is 12.9. The van der Waals surface area contributed by atoms with Gasteiger partial charge in [0.25, 0.3) is 0 Å². The molecule has 0 spiro atoms. The molecule has 0 amide bonds. The number of piperidine rings is 1. The molecule has 0 radical (unpaired) electrons. The number of hydrogen-bond donors (Lipinski definition) is 0. The van der Waals surface area contributed by atoms with Crippen molar-refractivity contribution in [3.63, 3.8) is 0 Å². The van der Waals surface area contributed by atoms with Crippen molar-refractivity contribution >= 4 is 0 Å². The molecule has 1 aromatic carbocycles. The van der Waals surface area contributed by atoms with E-state index in [0.29, 0.717) is 17.7 Å². The molecule has 1 aliphatic heterocycles. The minimum atomic E-state index is -4.50. The highest BCUT2D eigenvalue weighted by molar-refractivity contribution is 5.58. The largest absolute Gasteiger partial charge is 0.504 e. The van der Waals surface area contributed by atoms with Crippen LogP contribution in [0.4, 0.5) is 13.2 Å². The Bertz CT molecular complexity index is 861. The van der Waals surface area contributed by atoms with E-state index in [2.05, 4.69) is 36.8 Å². The molecule has 4 nitrogen and oxygen atoms in total. The van der Waals surface area contributed by atoms with Crippen LogP contribution in [0, 0.1) is 22.2 Å². The molecule has 0 saturated carbocycles. The average Bonchev–Trinajstić information content (AvgIpc) is 3.14. The molecule has 7 heteroatoms. The summed E-state index contributed by atoms with van der Waals surface area (Å²) < 4.78 is 38.1. The minimum absolute atomic E-state index is 0.0205. The van der Waals surface area contributed by atoms with Crippen LogP contribution >= 0.6 is 0 Å². The maximum Gasteiger partial charge on any atom is 0.504 e. The Morgan fingerprint density at radius 2 is 1.69 bits per heavy atom. The van der Waals surface area contributed by atoms with Crippen molar-refractivity contribution in [1.82, 2.24) is 14.7 Å². The van der Waals surface area contributed by atoms with E-state index in [1.54, 1.807) is 0 Å². The minimum Gasteiger partial charge on any atom is -0.299 e. The van der Waals surface area contributed by atoms with E-state index in [0.717, 1.165) is 44.2 Å². The quantitative estimate of drug-likeness (QED) is 0.669. The van der Waals surface area contributed by atoms with Crippen molar-refractivity contribution in [3.8, 4) is 17.3 Å². The molecule has 0 N–H and O–H groups in total. The number of hydrogen-bond acceptors (Lipinski definition) is 3. The van der Waals surface area contributed by atoms with Gasteiger partial charge in [0.1, 0.15) is 0 Å². The molecule has 3 rings (SSSR count). The van der Waals surface area contributed by atoms with Crippen LogP contribution in [0.25, 0.3) is 11.3 Å². The summed E-state index contributed by atoms with van der Waals surface area (Å²) in [6.45, 7) is 9.34. The summed E-state index contributed by atoms with van der Waals surface area (Å²) in [6.07, 6.45) is -0.988. The highest BCUT2D eigenvalue weighted by atomic mass is 19.4. The van der Waals surface area contributed by atoms with E-state index in [1.165, 1.54) is 6.07 Å². The average molecular weight is 404 g/mol. The Labute approximate surface area is 169 Å². The molecule has 29 heavy (non-hydrogen) atoms. The van der Waals surface area contributed by atoms with Crippen LogP contribution in [0.5, 0.6) is 0 Å². The zero-order chi connectivity index (χ0) is 21.3. The first-order chi connectivity index (χ1) is 13.5. The fourth-order valence-electron chi connectivity index (χ4n) is 4.14. The third kappa shape index (κ3) is 4.64. The van der Waals surface area contributed by atoms with E-state index in [-0.39, 0.29) is 15.5 Å². The summed E-state index contributed by atoms with van der Waals surface area (Å²) in [5.74, 6) is 0. The van der Waals surface area contributed by atoms with Gasteiger partial charge in [0.05, 0.1) is 11.8 Å². The van der Waals surface area contributed by atoms with E-state index in [1.807, 2.05) is 24.3 Å². The van der Waals surface area contributed by atoms with Crippen molar-refractivity contribution in [2.45, 2.75) is 52.9 Å². The second kappa shape index (κ2) is 7.83. The molecule has 2 aromatic rings. The molecule has 1 aliphatic rings. The lowest BCUT2D eigenvalue weighted by atomic mass is 9.60. The molecule has 0 unspecified atom stereocenters. The highest BCUT2D eigenvalue weighted by Crippen LogP contribution is 2.49. The van der Waals surface area contributed by atoms with Crippen LogP contribution in [0.3, 0.4) is 0 Å². The van der Waals surface area contributed by atoms with Crippen LogP contribution in [0.1, 0.15) is 45.6 Å². The number of nitriles is 1. The number of likely N-dealkylation sites (tertiary alicyclic amines) is 1. The fourth-order valence-corrected chi connectivity index (χ4v) is 4.14. The summed E-state index contributed by atoms with van der Waals surface area (Å²) >= 11 is 0. The summed E-state index contributed by atoms with van der Waals surface area (Å²) in [7, 11) is 0. The van der Waals surface area contributed by atoms with E-state index < -0.39 is 6.30 Å². The molecule has 0 atom stereocenters. The maximum absolute atomic E-state index is 12.7. The first-order valence-corrected chi connectivity index (χ1v) is 9.86. The van der Waals surface area contributed by atoms with Crippen LogP contribution in [-0.2, 0) is 12.8 Å². The number of nitrogens with zero attached hydrogens (tertiary/aromatic N) is 4. The maximum atomic E-state index is 12.7. The Balaban J connectivity index is 1.63. The summed E-state index contributed by atoms with van der Waals surface area (Å²) in [5.41, 5.74) is 2.23. The first kappa shape index (κ1) is 21.4. The second-order valence-corrected chi connectivity index (χ2v) is 8.95. The molecular formula is C22H27F3N4. The van der Waals surface area contributed by atoms with Gasteiger partial charge in [-0.05, 0) is 48.4 Å². The normalized spacial score (nSPS) is 17.8. The van der Waals surface area contributed by atoms with Crippen LogP contribution < -0.4 is 0 Å². The number of aromatic nitrogens is 2. The molecule has 0 bridgehead atoms. The SMILES string of the molecule is CC(C)(C)C1(CC#N)CCN(Cc2ccc(-c3ccn(C(F)(F)F)n3)cc2)CC1. The molecule has 1 saturated heterocycles. The van der Waals surface area contributed by atoms with Crippen molar-refractivity contribution < 1.29 is 13.2 Å². The smallest absolute Gasteiger partial charge is 0.299 e. The van der Waals surface area contributed by atoms with E-state index in [4.69, 9.17) is 0 Å². The Kier molecular flexibility index (Phi) is 5.77. The third-order valence-electron chi connectivity index (χ3n) is 6.33. The van der Waals surface area contributed by atoms with Crippen LogP contribution in [0.15, 0.2) is 36.5 Å². The van der Waals surface area contributed by atoms with E-state index in [9.17, 15) is 18.4 Å². The molecular weight excluding hydrogens is 377 g/mol. The highest BCUT2D eigenvalue weighted by Gasteiger charge is 2.43. The van der Waals surface area contributed by atoms with Crippen molar-refractivity contribution in [1.29, 1.82) is 5.26 Å². The number of halogens is 3. The molecule has 156 valence electrons. The summed E-state index contributed by atoms with van der Waals surface area (Å²) in [6, 6.07) is 11.3. The van der Waals surface area contributed by atoms with Crippen molar-refractivity contribution in [3.05, 3.63) is 42.1 Å². The van der Waals surface area contributed by atoms with Gasteiger partial charge in [-0.15, -0.1) is 13.2 Å². The van der Waals surface area contributed by atoms with E-state index >= 15 is 0 Å². The van der Waals surface area contributed by atoms with Crippen molar-refractivity contribution in [2.24, 2.45) is 10.8 Å².